The molecule has 180 valence electrons. The molecule has 0 bridgehead atoms. The van der Waals surface area contributed by atoms with Gasteiger partial charge in [-0.05, 0) is 39.4 Å². The fraction of sp³-hybridized carbons (Fsp3) is 0.957. The van der Waals surface area contributed by atoms with E-state index in [1.165, 1.54) is 63.1 Å². The number of rotatable bonds is 23. The Hall–Kier alpha value is 0.467. The minimum atomic E-state index is -2.49. The summed E-state index contributed by atoms with van der Waals surface area (Å²) in [4.78, 5) is 12.0. The summed E-state index contributed by atoms with van der Waals surface area (Å²) in [6.07, 6.45) is 13.5. The molecule has 7 heteroatoms. The van der Waals surface area contributed by atoms with Crippen LogP contribution in [-0.2, 0) is 18.1 Å². The summed E-state index contributed by atoms with van der Waals surface area (Å²) in [7, 11) is -2.49. The van der Waals surface area contributed by atoms with Crippen molar-refractivity contribution in [3.8, 4) is 0 Å². The van der Waals surface area contributed by atoms with E-state index in [-0.39, 0.29) is 0 Å². The lowest BCUT2D eigenvalue weighted by atomic mass is 10.1. The molecule has 0 aromatic carbocycles. The van der Waals surface area contributed by atoms with Crippen LogP contribution < -0.4 is 0 Å². The van der Waals surface area contributed by atoms with Gasteiger partial charge in [0.15, 0.2) is 5.12 Å². The summed E-state index contributed by atoms with van der Waals surface area (Å²) in [5.41, 5.74) is 0. The Morgan fingerprint density at radius 2 is 1.20 bits per heavy atom. The smallest absolute Gasteiger partial charge is 0.374 e. The normalized spacial score (nSPS) is 11.9. The summed E-state index contributed by atoms with van der Waals surface area (Å²) in [6.45, 7) is 10.2. The van der Waals surface area contributed by atoms with E-state index < -0.39 is 8.80 Å². The molecule has 30 heavy (non-hydrogen) atoms. The van der Waals surface area contributed by atoms with Crippen LogP contribution in [0.15, 0.2) is 0 Å². The molecule has 0 amide bonds. The van der Waals surface area contributed by atoms with Crippen molar-refractivity contribution in [1.82, 2.24) is 0 Å². The molecule has 0 aliphatic carbocycles. The van der Waals surface area contributed by atoms with E-state index in [2.05, 4.69) is 6.92 Å². The van der Waals surface area contributed by atoms with E-state index in [9.17, 15) is 4.79 Å². The number of hydrogen-bond donors (Lipinski definition) is 0. The number of hydrogen-bond acceptors (Lipinski definition) is 6. The summed E-state index contributed by atoms with van der Waals surface area (Å²) in [5, 5.41) is 0.369. The van der Waals surface area contributed by atoms with Crippen molar-refractivity contribution in [1.29, 1.82) is 0 Å². The molecule has 0 aliphatic rings. The minimum absolute atomic E-state index is 0.369. The SMILES string of the molecule is CCCCCCCCCCCC(=O)SCCSCCC[Si](OCC)(OCC)OCC. The summed E-state index contributed by atoms with van der Waals surface area (Å²) in [6, 6.07) is 0.875. The fourth-order valence-corrected chi connectivity index (χ4v) is 8.10. The highest BCUT2D eigenvalue weighted by Crippen LogP contribution is 2.21. The van der Waals surface area contributed by atoms with E-state index >= 15 is 0 Å². The maximum absolute atomic E-state index is 12.0. The zero-order valence-electron chi connectivity index (χ0n) is 20.2. The molecule has 0 saturated heterocycles. The van der Waals surface area contributed by atoms with Crippen molar-refractivity contribution in [2.45, 2.75) is 104 Å². The third-order valence-electron chi connectivity index (χ3n) is 4.84. The van der Waals surface area contributed by atoms with Crippen LogP contribution in [0.3, 0.4) is 0 Å². The number of carbonyl (C=O) groups is 1. The van der Waals surface area contributed by atoms with Crippen molar-refractivity contribution < 1.29 is 18.1 Å². The van der Waals surface area contributed by atoms with Gasteiger partial charge in [0, 0.05) is 43.8 Å². The Morgan fingerprint density at radius 3 is 1.73 bits per heavy atom. The molecule has 0 fully saturated rings. The van der Waals surface area contributed by atoms with Gasteiger partial charge in [0.25, 0.3) is 0 Å². The van der Waals surface area contributed by atoms with Crippen LogP contribution in [0.2, 0.25) is 6.04 Å². The molecule has 0 heterocycles. The standard InChI is InChI=1S/C23H48O4S2Si/c1-5-9-10-11-12-13-14-15-16-18-23(24)29-21-20-28-19-17-22-30(25-6-2,26-7-3)27-8-4/h5-22H2,1-4H3. The third kappa shape index (κ3) is 18.1. The van der Waals surface area contributed by atoms with Gasteiger partial charge in [0.1, 0.15) is 0 Å². The zero-order chi connectivity index (χ0) is 22.3. The first-order valence-corrected chi connectivity index (χ1v) is 16.4. The van der Waals surface area contributed by atoms with Gasteiger partial charge < -0.3 is 13.3 Å². The van der Waals surface area contributed by atoms with Crippen LogP contribution in [0.25, 0.3) is 0 Å². The van der Waals surface area contributed by atoms with Crippen molar-refractivity contribution in [3.63, 3.8) is 0 Å². The predicted molar refractivity (Wildman–Crippen MR) is 137 cm³/mol. The quantitative estimate of drug-likeness (QED) is 0.113. The number of carbonyl (C=O) groups excluding carboxylic acids is 1. The Morgan fingerprint density at radius 1 is 0.667 bits per heavy atom. The van der Waals surface area contributed by atoms with E-state index in [4.69, 9.17) is 13.3 Å². The van der Waals surface area contributed by atoms with Crippen LogP contribution in [0.5, 0.6) is 0 Å². The first-order valence-electron chi connectivity index (χ1n) is 12.3. The zero-order valence-corrected chi connectivity index (χ0v) is 22.8. The molecule has 0 unspecified atom stereocenters. The third-order valence-corrected chi connectivity index (χ3v) is 10.3. The lowest BCUT2D eigenvalue weighted by Crippen LogP contribution is -2.46. The molecule has 0 rings (SSSR count). The molecule has 0 N–H and O–H groups in total. The molecule has 0 spiro atoms. The molecular formula is C23H48O4S2Si. The van der Waals surface area contributed by atoms with Gasteiger partial charge in [0.05, 0.1) is 0 Å². The van der Waals surface area contributed by atoms with Crippen molar-refractivity contribution >= 4 is 37.4 Å². The molecule has 4 nitrogen and oxygen atoms in total. The van der Waals surface area contributed by atoms with Gasteiger partial charge in [-0.25, -0.2) is 0 Å². The van der Waals surface area contributed by atoms with E-state index in [1.54, 1.807) is 0 Å². The topological polar surface area (TPSA) is 44.8 Å². The van der Waals surface area contributed by atoms with E-state index in [0.29, 0.717) is 24.9 Å². The van der Waals surface area contributed by atoms with Crippen LogP contribution >= 0.6 is 23.5 Å². The van der Waals surface area contributed by atoms with Gasteiger partial charge >= 0.3 is 8.80 Å². The Balaban J connectivity index is 3.61. The highest BCUT2D eigenvalue weighted by molar-refractivity contribution is 8.14. The van der Waals surface area contributed by atoms with E-state index in [0.717, 1.165) is 42.6 Å². The average molecular weight is 481 g/mol. The maximum atomic E-state index is 12.0. The number of unbranched alkanes of at least 4 members (excludes halogenated alkanes) is 8. The first kappa shape index (κ1) is 30.5. The highest BCUT2D eigenvalue weighted by atomic mass is 32.2. The fourth-order valence-electron chi connectivity index (χ4n) is 3.36. The summed E-state index contributed by atoms with van der Waals surface area (Å²) >= 11 is 3.43. The van der Waals surface area contributed by atoms with Crippen molar-refractivity contribution in [3.05, 3.63) is 0 Å². The first-order chi connectivity index (χ1) is 14.6. The largest absolute Gasteiger partial charge is 0.500 e. The molecule has 0 aliphatic heterocycles. The lowest BCUT2D eigenvalue weighted by molar-refractivity contribution is -0.111. The summed E-state index contributed by atoms with van der Waals surface area (Å²) in [5.74, 6) is 3.02. The van der Waals surface area contributed by atoms with Crippen molar-refractivity contribution in [2.24, 2.45) is 0 Å². The van der Waals surface area contributed by atoms with Crippen LogP contribution in [0.4, 0.5) is 0 Å². The van der Waals surface area contributed by atoms with Gasteiger partial charge in [-0.15, -0.1) is 0 Å². The second-order valence-electron chi connectivity index (χ2n) is 7.50. The maximum Gasteiger partial charge on any atom is 0.500 e. The molecule has 0 aromatic heterocycles. The van der Waals surface area contributed by atoms with E-state index in [1.807, 2.05) is 32.5 Å². The molecule has 0 aromatic rings. The van der Waals surface area contributed by atoms with Crippen molar-refractivity contribution in [2.75, 3.05) is 37.1 Å². The lowest BCUT2D eigenvalue weighted by Gasteiger charge is -2.28. The number of thioether (sulfide) groups is 2. The average Bonchev–Trinajstić information content (AvgIpc) is 2.72. The van der Waals surface area contributed by atoms with Gasteiger partial charge in [-0.1, -0.05) is 70.1 Å². The van der Waals surface area contributed by atoms with Gasteiger partial charge in [0.2, 0.25) is 0 Å². The van der Waals surface area contributed by atoms with Gasteiger partial charge in [-0.3, -0.25) is 4.79 Å². The van der Waals surface area contributed by atoms with Crippen LogP contribution in [0, 0.1) is 0 Å². The molecule has 0 radical (unpaired) electrons. The summed E-state index contributed by atoms with van der Waals surface area (Å²) < 4.78 is 17.7. The molecule has 0 saturated carbocycles. The molecular weight excluding hydrogens is 432 g/mol. The monoisotopic (exact) mass is 480 g/mol. The highest BCUT2D eigenvalue weighted by Gasteiger charge is 2.39. The molecule has 0 atom stereocenters. The minimum Gasteiger partial charge on any atom is -0.374 e. The second kappa shape index (κ2) is 22.7. The van der Waals surface area contributed by atoms with Crippen LogP contribution in [0.1, 0.15) is 98.3 Å². The van der Waals surface area contributed by atoms with Crippen LogP contribution in [-0.4, -0.2) is 51.0 Å². The predicted octanol–water partition coefficient (Wildman–Crippen LogP) is 7.34. The second-order valence-corrected chi connectivity index (χ2v) is 12.6. The van der Waals surface area contributed by atoms with Gasteiger partial charge in [-0.2, -0.15) is 11.8 Å². The Labute approximate surface area is 196 Å². The Kier molecular flexibility index (Phi) is 23.0. The Bertz CT molecular complexity index is 369.